The zero-order valence-corrected chi connectivity index (χ0v) is 15.1. The third kappa shape index (κ3) is 2.64. The van der Waals surface area contributed by atoms with E-state index in [1.54, 1.807) is 13.3 Å². The summed E-state index contributed by atoms with van der Waals surface area (Å²) >= 11 is 0. The number of nitrogens with zero attached hydrogens (tertiary/aromatic N) is 2. The number of hydrogen-bond acceptors (Lipinski definition) is 3. The second kappa shape index (κ2) is 6.11. The lowest BCUT2D eigenvalue weighted by atomic mass is 9.72. The van der Waals surface area contributed by atoms with E-state index in [1.807, 2.05) is 24.3 Å². The lowest BCUT2D eigenvalue weighted by Crippen LogP contribution is -2.66. The minimum Gasteiger partial charge on any atom is -0.497 e. The van der Waals surface area contributed by atoms with Gasteiger partial charge in [-0.1, -0.05) is 6.08 Å². The van der Waals surface area contributed by atoms with E-state index in [4.69, 9.17) is 4.74 Å². The van der Waals surface area contributed by atoms with Gasteiger partial charge in [0.15, 0.2) is 0 Å². The molecule has 0 spiro atoms. The molecule has 5 atom stereocenters. The van der Waals surface area contributed by atoms with Crippen LogP contribution in [0, 0.1) is 11.8 Å². The summed E-state index contributed by atoms with van der Waals surface area (Å²) in [5, 5.41) is 12.3. The van der Waals surface area contributed by atoms with Gasteiger partial charge in [-0.25, -0.2) is 0 Å². The maximum Gasteiger partial charge on any atom is 0.131 e. The van der Waals surface area contributed by atoms with Gasteiger partial charge in [0.25, 0.3) is 0 Å². The fraction of sp³-hybridized carbons (Fsp3) is 0.476. The van der Waals surface area contributed by atoms with Gasteiger partial charge in [-0.3, -0.25) is 4.98 Å². The van der Waals surface area contributed by atoms with E-state index in [0.717, 1.165) is 46.2 Å². The van der Waals surface area contributed by atoms with Gasteiger partial charge in [0.05, 0.1) is 32.8 Å². The molecular formula is C21H27N2O2+. The molecule has 2 bridgehead atoms. The van der Waals surface area contributed by atoms with Crippen LogP contribution in [-0.4, -0.2) is 47.9 Å². The molecule has 3 aliphatic rings. The molecule has 25 heavy (non-hydrogen) atoms. The number of piperidine rings is 3. The average molecular weight is 339 g/mol. The largest absolute Gasteiger partial charge is 0.497 e. The molecule has 3 fully saturated rings. The Hall–Kier alpha value is -1.91. The Morgan fingerprint density at radius 1 is 1.40 bits per heavy atom. The Bertz CT molecular complexity index is 806. The molecule has 1 unspecified atom stereocenters. The third-order valence-corrected chi connectivity index (χ3v) is 6.56. The van der Waals surface area contributed by atoms with Crippen molar-refractivity contribution >= 4 is 10.9 Å². The summed E-state index contributed by atoms with van der Waals surface area (Å²) in [4.78, 5) is 4.45. The van der Waals surface area contributed by atoms with E-state index >= 15 is 0 Å². The Morgan fingerprint density at radius 2 is 2.24 bits per heavy atom. The standard InChI is InChI=1S/C21H27N2O2/c1-4-14-13-23(2)10-8-15(14)11-20(23)21(24)17-7-9-22-19-6-5-16(25-3)12-18(17)19/h4-7,9,12,14-15,20-21,24H,1,8,10-11,13H2,2-3H3/q+1/t14-,15+,20+,21-,23?/m0/s1. The van der Waals surface area contributed by atoms with Crippen molar-refractivity contribution in [3.8, 4) is 5.75 Å². The first-order valence-electron chi connectivity index (χ1n) is 9.13. The van der Waals surface area contributed by atoms with E-state index in [2.05, 4.69) is 24.7 Å². The van der Waals surface area contributed by atoms with E-state index in [1.165, 1.54) is 6.42 Å². The number of quaternary nitrogens is 1. The molecule has 1 N–H and O–H groups in total. The normalized spacial score (nSPS) is 32.5. The minimum atomic E-state index is -0.490. The van der Waals surface area contributed by atoms with Crippen molar-refractivity contribution in [2.24, 2.45) is 11.8 Å². The number of rotatable bonds is 4. The number of aliphatic hydroxyl groups is 1. The predicted octanol–water partition coefficient (Wildman–Crippen LogP) is 3.32. The quantitative estimate of drug-likeness (QED) is 0.686. The van der Waals surface area contributed by atoms with Gasteiger partial charge in [-0.15, -0.1) is 6.58 Å². The monoisotopic (exact) mass is 339 g/mol. The second-order valence-corrected chi connectivity index (χ2v) is 7.87. The Labute approximate surface area is 149 Å². The van der Waals surface area contributed by atoms with Crippen LogP contribution >= 0.6 is 0 Å². The topological polar surface area (TPSA) is 42.4 Å². The van der Waals surface area contributed by atoms with Crippen LogP contribution in [0.4, 0.5) is 0 Å². The second-order valence-electron chi connectivity index (χ2n) is 7.87. The molecule has 1 aromatic carbocycles. The third-order valence-electron chi connectivity index (χ3n) is 6.56. The summed E-state index contributed by atoms with van der Waals surface area (Å²) in [6.07, 6.45) is 5.73. The van der Waals surface area contributed by atoms with Gasteiger partial charge in [0, 0.05) is 30.3 Å². The van der Waals surface area contributed by atoms with Crippen LogP contribution < -0.4 is 4.74 Å². The van der Waals surface area contributed by atoms with Gasteiger partial charge < -0.3 is 14.3 Å². The van der Waals surface area contributed by atoms with Gasteiger partial charge >= 0.3 is 0 Å². The highest BCUT2D eigenvalue weighted by Crippen LogP contribution is 2.45. The summed E-state index contributed by atoms with van der Waals surface area (Å²) in [5.41, 5.74) is 1.87. The molecule has 4 heteroatoms. The van der Waals surface area contributed by atoms with Crippen LogP contribution in [0.15, 0.2) is 43.1 Å². The molecule has 0 aliphatic carbocycles. The number of methoxy groups -OCH3 is 1. The maximum absolute atomic E-state index is 11.3. The Balaban J connectivity index is 1.73. The summed E-state index contributed by atoms with van der Waals surface area (Å²) in [7, 11) is 3.96. The molecule has 4 heterocycles. The van der Waals surface area contributed by atoms with Crippen LogP contribution in [-0.2, 0) is 0 Å². The van der Waals surface area contributed by atoms with E-state index in [0.29, 0.717) is 11.8 Å². The highest BCUT2D eigenvalue weighted by Gasteiger charge is 2.51. The van der Waals surface area contributed by atoms with Crippen LogP contribution in [0.3, 0.4) is 0 Å². The molecule has 3 aliphatic heterocycles. The summed E-state index contributed by atoms with van der Waals surface area (Å²) in [6.45, 7) is 6.26. The van der Waals surface area contributed by atoms with Gasteiger partial charge in [0.1, 0.15) is 17.9 Å². The molecular weight excluding hydrogens is 312 g/mol. The molecule has 0 saturated carbocycles. The van der Waals surface area contributed by atoms with Crippen molar-refractivity contribution in [1.82, 2.24) is 4.98 Å². The minimum absolute atomic E-state index is 0.228. The number of aromatic nitrogens is 1. The van der Waals surface area contributed by atoms with Crippen LogP contribution in [0.1, 0.15) is 24.5 Å². The highest BCUT2D eigenvalue weighted by molar-refractivity contribution is 5.83. The Morgan fingerprint density at radius 3 is 2.96 bits per heavy atom. The zero-order chi connectivity index (χ0) is 17.6. The summed E-state index contributed by atoms with van der Waals surface area (Å²) in [6, 6.07) is 8.06. The van der Waals surface area contributed by atoms with Gasteiger partial charge in [0.2, 0.25) is 0 Å². The Kier molecular flexibility index (Phi) is 4.05. The zero-order valence-electron chi connectivity index (χ0n) is 15.1. The molecule has 0 radical (unpaired) electrons. The lowest BCUT2D eigenvalue weighted by Gasteiger charge is -2.56. The number of fused-ring (bicyclic) bond motifs is 4. The summed E-state index contributed by atoms with van der Waals surface area (Å²) in [5.74, 6) is 2.03. The van der Waals surface area contributed by atoms with Crippen LogP contribution in [0.2, 0.25) is 0 Å². The number of pyridine rings is 1. The molecule has 1 aromatic heterocycles. The first-order chi connectivity index (χ1) is 12.1. The molecule has 2 aromatic rings. The molecule has 3 saturated heterocycles. The smallest absolute Gasteiger partial charge is 0.131 e. The fourth-order valence-corrected chi connectivity index (χ4v) is 5.03. The fourth-order valence-electron chi connectivity index (χ4n) is 5.03. The van der Waals surface area contributed by atoms with Gasteiger partial charge in [-0.2, -0.15) is 0 Å². The first kappa shape index (κ1) is 16.6. The van der Waals surface area contributed by atoms with Crippen molar-refractivity contribution < 1.29 is 14.3 Å². The number of likely N-dealkylation sites (N-methyl/N-ethyl adjacent to an activating group) is 1. The van der Waals surface area contributed by atoms with Crippen molar-refractivity contribution in [3.63, 3.8) is 0 Å². The maximum atomic E-state index is 11.3. The van der Waals surface area contributed by atoms with Crippen LogP contribution in [0.25, 0.3) is 10.9 Å². The van der Waals surface area contributed by atoms with Crippen molar-refractivity contribution in [2.45, 2.75) is 25.0 Å². The molecule has 4 nitrogen and oxygen atoms in total. The van der Waals surface area contributed by atoms with Crippen LogP contribution in [0.5, 0.6) is 5.75 Å². The number of aliphatic hydroxyl groups excluding tert-OH is 1. The summed E-state index contributed by atoms with van der Waals surface area (Å²) < 4.78 is 6.31. The number of hydrogen-bond donors (Lipinski definition) is 1. The lowest BCUT2D eigenvalue weighted by molar-refractivity contribution is -0.956. The molecule has 5 rings (SSSR count). The SMILES string of the molecule is C=C[C@H]1C[N+]2(C)CC[C@@H]1C[C@@H]2[C@@H](O)c1ccnc2ccc(OC)cc12. The van der Waals surface area contributed by atoms with E-state index < -0.39 is 6.10 Å². The molecule has 0 amide bonds. The highest BCUT2D eigenvalue weighted by atomic mass is 16.5. The average Bonchev–Trinajstić information content (AvgIpc) is 2.66. The number of benzene rings is 1. The van der Waals surface area contributed by atoms with Gasteiger partial charge in [-0.05, 0) is 35.7 Å². The number of ether oxygens (including phenoxy) is 1. The predicted molar refractivity (Wildman–Crippen MR) is 99.4 cm³/mol. The first-order valence-corrected chi connectivity index (χ1v) is 9.13. The van der Waals surface area contributed by atoms with E-state index in [-0.39, 0.29) is 6.04 Å². The van der Waals surface area contributed by atoms with Crippen molar-refractivity contribution in [3.05, 3.63) is 48.7 Å². The van der Waals surface area contributed by atoms with Crippen molar-refractivity contribution in [2.75, 3.05) is 27.2 Å². The van der Waals surface area contributed by atoms with Crippen molar-refractivity contribution in [1.29, 1.82) is 0 Å². The van der Waals surface area contributed by atoms with E-state index in [9.17, 15) is 5.11 Å². The molecule has 132 valence electrons.